The molecule has 0 atom stereocenters. The molecule has 0 amide bonds. The highest BCUT2D eigenvalue weighted by Gasteiger charge is 2.16. The molecule has 0 saturated heterocycles. The second kappa shape index (κ2) is 6.19. The van der Waals surface area contributed by atoms with Gasteiger partial charge in [-0.1, -0.05) is 32.1 Å². The van der Waals surface area contributed by atoms with Crippen molar-refractivity contribution < 1.29 is 4.79 Å². The Hall–Kier alpha value is -0.630. The molecule has 0 aromatic carbocycles. The number of ketones is 1. The van der Waals surface area contributed by atoms with Crippen LogP contribution in [0.5, 0.6) is 0 Å². The van der Waals surface area contributed by atoms with Crippen LogP contribution in [0.1, 0.15) is 50.5 Å². The molecular formula is C14H20OS. The van der Waals surface area contributed by atoms with Gasteiger partial charge >= 0.3 is 0 Å². The third-order valence-electron chi connectivity index (χ3n) is 3.51. The van der Waals surface area contributed by atoms with Gasteiger partial charge in [0.25, 0.3) is 0 Å². The second-order valence-electron chi connectivity index (χ2n) is 4.88. The maximum Gasteiger partial charge on any atom is 0.133 e. The molecule has 0 aliphatic heterocycles. The Balaban J connectivity index is 1.67. The van der Waals surface area contributed by atoms with Crippen molar-refractivity contribution in [2.24, 2.45) is 5.92 Å². The summed E-state index contributed by atoms with van der Waals surface area (Å²) in [6.07, 6.45) is 9.13. The Kier molecular flexibility index (Phi) is 4.58. The number of aryl methyl sites for hydroxylation is 1. The van der Waals surface area contributed by atoms with Gasteiger partial charge in [-0.25, -0.2) is 0 Å². The highest BCUT2D eigenvalue weighted by Crippen LogP contribution is 2.27. The minimum absolute atomic E-state index is 0.470. The van der Waals surface area contributed by atoms with Crippen LogP contribution in [0.2, 0.25) is 0 Å². The van der Waals surface area contributed by atoms with Crippen molar-refractivity contribution in [3.63, 3.8) is 0 Å². The summed E-state index contributed by atoms with van der Waals surface area (Å²) < 4.78 is 0. The molecule has 1 aliphatic rings. The molecule has 1 aliphatic carbocycles. The van der Waals surface area contributed by atoms with E-state index in [2.05, 4.69) is 16.8 Å². The number of carbonyl (C=O) groups excluding carboxylic acids is 1. The maximum absolute atomic E-state index is 11.8. The molecule has 0 unspecified atom stereocenters. The number of rotatable bonds is 5. The van der Waals surface area contributed by atoms with Crippen molar-refractivity contribution in [2.75, 3.05) is 0 Å². The molecular weight excluding hydrogens is 216 g/mol. The molecule has 1 heterocycles. The molecule has 0 bridgehead atoms. The molecule has 0 spiro atoms. The summed E-state index contributed by atoms with van der Waals surface area (Å²) in [7, 11) is 0. The van der Waals surface area contributed by atoms with Gasteiger partial charge in [0.05, 0.1) is 0 Å². The molecule has 88 valence electrons. The molecule has 1 fully saturated rings. The fraction of sp³-hybridized carbons (Fsp3) is 0.643. The van der Waals surface area contributed by atoms with Crippen LogP contribution in [0.4, 0.5) is 0 Å². The molecule has 1 nitrogen and oxygen atoms in total. The largest absolute Gasteiger partial charge is 0.300 e. The van der Waals surface area contributed by atoms with Gasteiger partial charge in [-0.3, -0.25) is 4.79 Å². The number of Topliss-reactive ketones (excluding diaryl/α,β-unsaturated/α-hetero) is 1. The number of carbonyl (C=O) groups is 1. The highest BCUT2D eigenvalue weighted by atomic mass is 32.1. The van der Waals surface area contributed by atoms with E-state index < -0.39 is 0 Å². The predicted octanol–water partition coefficient (Wildman–Crippen LogP) is 4.22. The van der Waals surface area contributed by atoms with Crippen LogP contribution in [0, 0.1) is 5.92 Å². The molecule has 2 heteroatoms. The third kappa shape index (κ3) is 3.75. The van der Waals surface area contributed by atoms with E-state index >= 15 is 0 Å². The topological polar surface area (TPSA) is 17.1 Å². The summed E-state index contributed by atoms with van der Waals surface area (Å²) in [6.45, 7) is 0. The summed E-state index contributed by atoms with van der Waals surface area (Å²) in [5.41, 5.74) is 1.32. The van der Waals surface area contributed by atoms with Crippen molar-refractivity contribution in [2.45, 2.75) is 51.4 Å². The molecule has 2 rings (SSSR count). The summed E-state index contributed by atoms with van der Waals surface area (Å²) in [5, 5.41) is 4.23. The van der Waals surface area contributed by atoms with Gasteiger partial charge < -0.3 is 0 Å². The Morgan fingerprint density at radius 2 is 2.12 bits per heavy atom. The summed E-state index contributed by atoms with van der Waals surface area (Å²) in [4.78, 5) is 11.8. The first-order chi connectivity index (χ1) is 7.84. The normalized spacial score (nSPS) is 17.5. The van der Waals surface area contributed by atoms with Crippen molar-refractivity contribution in [1.29, 1.82) is 0 Å². The third-order valence-corrected chi connectivity index (χ3v) is 4.25. The van der Waals surface area contributed by atoms with E-state index in [-0.39, 0.29) is 0 Å². The fourth-order valence-corrected chi connectivity index (χ4v) is 3.24. The van der Waals surface area contributed by atoms with E-state index in [1.165, 1.54) is 37.7 Å². The zero-order chi connectivity index (χ0) is 11.2. The smallest absolute Gasteiger partial charge is 0.133 e. The molecule has 16 heavy (non-hydrogen) atoms. The minimum Gasteiger partial charge on any atom is -0.300 e. The highest BCUT2D eigenvalue weighted by molar-refractivity contribution is 7.07. The van der Waals surface area contributed by atoms with Gasteiger partial charge in [-0.2, -0.15) is 11.3 Å². The van der Waals surface area contributed by atoms with Crippen LogP contribution < -0.4 is 0 Å². The fourth-order valence-electron chi connectivity index (χ4n) is 2.53. The zero-order valence-corrected chi connectivity index (χ0v) is 10.6. The lowest BCUT2D eigenvalue weighted by Crippen LogP contribution is -2.12. The lowest BCUT2D eigenvalue weighted by molar-refractivity contribution is -0.120. The van der Waals surface area contributed by atoms with E-state index in [9.17, 15) is 4.79 Å². The molecule has 1 aromatic heterocycles. The lowest BCUT2D eigenvalue weighted by atomic mass is 9.85. The average molecular weight is 236 g/mol. The molecule has 1 aromatic rings. The van der Waals surface area contributed by atoms with Crippen LogP contribution >= 0.6 is 11.3 Å². The lowest BCUT2D eigenvalue weighted by Gasteiger charge is -2.20. The summed E-state index contributed by atoms with van der Waals surface area (Å²) >= 11 is 1.72. The van der Waals surface area contributed by atoms with E-state index in [1.807, 2.05) is 0 Å². The molecule has 0 N–H and O–H groups in total. The molecule has 1 saturated carbocycles. The van der Waals surface area contributed by atoms with Gasteiger partial charge in [-0.05, 0) is 34.7 Å². The Labute approximate surface area is 102 Å². The number of hydrogen-bond acceptors (Lipinski definition) is 2. The van der Waals surface area contributed by atoms with E-state index in [1.54, 1.807) is 11.3 Å². The first-order valence-electron chi connectivity index (χ1n) is 6.37. The standard InChI is InChI=1S/C14H20OS/c15-14(7-6-13-8-9-16-11-13)10-12-4-2-1-3-5-12/h8-9,11-12H,1-7,10H2. The van der Waals surface area contributed by atoms with Gasteiger partial charge in [0.2, 0.25) is 0 Å². The monoisotopic (exact) mass is 236 g/mol. The number of thiophene rings is 1. The van der Waals surface area contributed by atoms with Crippen molar-refractivity contribution >= 4 is 17.1 Å². The van der Waals surface area contributed by atoms with Crippen LogP contribution in [0.25, 0.3) is 0 Å². The first kappa shape index (κ1) is 11.8. The van der Waals surface area contributed by atoms with Crippen molar-refractivity contribution in [1.82, 2.24) is 0 Å². The average Bonchev–Trinajstić information content (AvgIpc) is 2.81. The summed E-state index contributed by atoms with van der Waals surface area (Å²) in [6, 6.07) is 2.12. The quantitative estimate of drug-likeness (QED) is 0.748. The maximum atomic E-state index is 11.8. The predicted molar refractivity (Wildman–Crippen MR) is 68.8 cm³/mol. The van der Waals surface area contributed by atoms with Gasteiger partial charge in [0.1, 0.15) is 5.78 Å². The van der Waals surface area contributed by atoms with Crippen molar-refractivity contribution in [3.8, 4) is 0 Å². The Morgan fingerprint density at radius 3 is 2.81 bits per heavy atom. The second-order valence-corrected chi connectivity index (χ2v) is 5.66. The van der Waals surface area contributed by atoms with Crippen LogP contribution in [-0.4, -0.2) is 5.78 Å². The number of hydrogen-bond donors (Lipinski definition) is 0. The van der Waals surface area contributed by atoms with Gasteiger partial charge in [0, 0.05) is 12.8 Å². The first-order valence-corrected chi connectivity index (χ1v) is 7.31. The van der Waals surface area contributed by atoms with Crippen LogP contribution in [0.15, 0.2) is 16.8 Å². The van der Waals surface area contributed by atoms with Gasteiger partial charge in [0.15, 0.2) is 0 Å². The van der Waals surface area contributed by atoms with E-state index in [0.717, 1.165) is 19.3 Å². The molecule has 0 radical (unpaired) electrons. The summed E-state index contributed by atoms with van der Waals surface area (Å²) in [5.74, 6) is 1.17. The van der Waals surface area contributed by atoms with E-state index in [4.69, 9.17) is 0 Å². The SMILES string of the molecule is O=C(CCc1ccsc1)CC1CCCCC1. The minimum atomic E-state index is 0.470. The van der Waals surface area contributed by atoms with E-state index in [0.29, 0.717) is 11.7 Å². The Morgan fingerprint density at radius 1 is 1.31 bits per heavy atom. The zero-order valence-electron chi connectivity index (χ0n) is 9.78. The van der Waals surface area contributed by atoms with Crippen molar-refractivity contribution in [3.05, 3.63) is 22.4 Å². The van der Waals surface area contributed by atoms with Crippen LogP contribution in [-0.2, 0) is 11.2 Å². The Bertz CT molecular complexity index is 309. The van der Waals surface area contributed by atoms with Crippen LogP contribution in [0.3, 0.4) is 0 Å². The van der Waals surface area contributed by atoms with Gasteiger partial charge in [-0.15, -0.1) is 0 Å².